The van der Waals surface area contributed by atoms with Gasteiger partial charge in [0, 0.05) is 72.2 Å². The monoisotopic (exact) mass is 876 g/mol. The van der Waals surface area contributed by atoms with Gasteiger partial charge >= 0.3 is 11.9 Å². The fraction of sp³-hybridized carbons (Fsp3) is 0.348. The quantitative estimate of drug-likeness (QED) is 0.0226. The van der Waals surface area contributed by atoms with Gasteiger partial charge in [-0.1, -0.05) is 0 Å². The Balaban J connectivity index is 0.973. The number of nitrogens with one attached hydrogen (secondary N) is 4. The third-order valence-corrected chi connectivity index (χ3v) is 10.3. The van der Waals surface area contributed by atoms with Crippen molar-refractivity contribution in [2.75, 3.05) is 101 Å². The second kappa shape index (κ2) is 22.3. The first-order valence-electron chi connectivity index (χ1n) is 21.3. The van der Waals surface area contributed by atoms with Crippen LogP contribution in [-0.2, 0) is 19.2 Å². The van der Waals surface area contributed by atoms with Crippen LogP contribution < -0.4 is 42.2 Å². The molecule has 0 spiro atoms. The van der Waals surface area contributed by atoms with E-state index in [-0.39, 0.29) is 38.0 Å². The number of carbonyl (C=O) groups is 4. The number of benzene rings is 4. The highest BCUT2D eigenvalue weighted by Crippen LogP contribution is 2.35. The number of nitrogens with zero attached hydrogens (tertiary/aromatic N) is 4. The van der Waals surface area contributed by atoms with Gasteiger partial charge in [0.15, 0.2) is 0 Å². The molecule has 0 fully saturated rings. The van der Waals surface area contributed by atoms with E-state index in [1.165, 1.54) is 9.80 Å². The highest BCUT2D eigenvalue weighted by atomic mass is 16.5. The summed E-state index contributed by atoms with van der Waals surface area (Å²) in [5, 5.41) is 35.4. The van der Waals surface area contributed by atoms with Crippen LogP contribution in [0.5, 0.6) is 11.5 Å². The molecule has 0 aliphatic heterocycles. The summed E-state index contributed by atoms with van der Waals surface area (Å²) in [6.45, 7) is 5.21. The summed E-state index contributed by atoms with van der Waals surface area (Å²) in [5.74, 6) is -1.63. The third-order valence-electron chi connectivity index (χ3n) is 10.3. The van der Waals surface area contributed by atoms with Gasteiger partial charge in [-0.3, -0.25) is 29.0 Å². The van der Waals surface area contributed by atoms with Gasteiger partial charge in [-0.15, -0.1) is 0 Å². The number of hydrogen-bond donors (Lipinski definition) is 8. The van der Waals surface area contributed by atoms with Crippen molar-refractivity contribution in [3.8, 4) is 11.5 Å². The van der Waals surface area contributed by atoms with Gasteiger partial charge in [0.1, 0.15) is 11.5 Å². The molecule has 2 aromatic heterocycles. The molecule has 6 rings (SSSR count). The summed E-state index contributed by atoms with van der Waals surface area (Å²) < 4.78 is 11.5. The van der Waals surface area contributed by atoms with Gasteiger partial charge in [0.2, 0.25) is 11.8 Å². The molecule has 0 saturated carbocycles. The first-order valence-corrected chi connectivity index (χ1v) is 21.3. The largest absolute Gasteiger partial charge is 0.494 e. The number of rotatable bonds is 25. The predicted octanol–water partition coefficient (Wildman–Crippen LogP) is 4.36. The van der Waals surface area contributed by atoms with Crippen molar-refractivity contribution in [1.82, 2.24) is 30.4 Å². The molecule has 4 aromatic carbocycles. The van der Waals surface area contributed by atoms with Crippen LogP contribution in [0, 0.1) is 0 Å². The van der Waals surface area contributed by atoms with Crippen LogP contribution in [-0.4, -0.2) is 132 Å². The lowest BCUT2D eigenvalue weighted by atomic mass is 10.1. The predicted molar refractivity (Wildman–Crippen MR) is 250 cm³/mol. The van der Waals surface area contributed by atoms with E-state index in [1.54, 1.807) is 0 Å². The van der Waals surface area contributed by atoms with Crippen molar-refractivity contribution in [1.29, 1.82) is 0 Å². The van der Waals surface area contributed by atoms with Gasteiger partial charge in [-0.05, 0) is 99.5 Å². The number of aromatic nitrogens is 2. The standard InChI is InChI=1S/C46H56N10O8/c1-3-63-31-9-13-37-35(23-31)45(33-11-7-29(47)21-39(33)53-37)51-17-5-15-49-41(57)25-55(27-43(59)60)19-20-56(28-44(61)62)26-42(58)50-16-6-18-52-46-34-12-8-30(48)22-40(34)54-38-14-10-32(64-4-2)24-36(38)46/h7-14,21-24H,3-6,15-20,25-28,47-48H2,1-2H3,(H,49,57)(H,50,58)(H,51,53)(H,52,54)(H,59,60)(H,61,62). The maximum atomic E-state index is 13.0. The van der Waals surface area contributed by atoms with Crippen LogP contribution in [0.2, 0.25) is 0 Å². The number of nitrogen functional groups attached to an aromatic ring is 2. The number of carboxylic acids is 2. The van der Waals surface area contributed by atoms with Crippen molar-refractivity contribution >= 4 is 90.1 Å². The van der Waals surface area contributed by atoms with Crippen molar-refractivity contribution in [2.45, 2.75) is 26.7 Å². The Bertz CT molecular complexity index is 2450. The number of nitrogens with two attached hydrogens (primary N) is 2. The average Bonchev–Trinajstić information content (AvgIpc) is 3.24. The summed E-state index contributed by atoms with van der Waals surface area (Å²) in [6.07, 6.45) is 1.10. The van der Waals surface area contributed by atoms with Gasteiger partial charge in [-0.2, -0.15) is 0 Å². The minimum absolute atomic E-state index is 0.0344. The van der Waals surface area contributed by atoms with E-state index >= 15 is 0 Å². The van der Waals surface area contributed by atoms with Crippen molar-refractivity contribution in [2.24, 2.45) is 0 Å². The number of anilines is 4. The zero-order valence-electron chi connectivity index (χ0n) is 36.1. The van der Waals surface area contributed by atoms with E-state index in [9.17, 15) is 29.4 Å². The Kier molecular flexibility index (Phi) is 16.1. The Labute approximate surface area is 370 Å². The molecular formula is C46H56N10O8. The topological polar surface area (TPSA) is 260 Å². The molecule has 10 N–H and O–H groups in total. The molecule has 0 aliphatic carbocycles. The van der Waals surface area contributed by atoms with E-state index in [2.05, 4.69) is 21.3 Å². The first-order chi connectivity index (χ1) is 30.9. The second-order valence-electron chi connectivity index (χ2n) is 15.2. The Morgan fingerprint density at radius 2 is 0.969 bits per heavy atom. The number of aliphatic carboxylic acids is 2. The molecule has 64 heavy (non-hydrogen) atoms. The van der Waals surface area contributed by atoms with Crippen LogP contribution in [0.3, 0.4) is 0 Å². The van der Waals surface area contributed by atoms with Gasteiger partial charge < -0.3 is 52.4 Å². The second-order valence-corrected chi connectivity index (χ2v) is 15.2. The van der Waals surface area contributed by atoms with E-state index < -0.39 is 25.0 Å². The van der Waals surface area contributed by atoms with E-state index in [0.717, 1.165) is 66.5 Å². The summed E-state index contributed by atoms with van der Waals surface area (Å²) in [5.41, 5.74) is 18.1. The fourth-order valence-electron chi connectivity index (χ4n) is 7.45. The molecule has 2 amide bonds. The maximum Gasteiger partial charge on any atom is 0.317 e. The van der Waals surface area contributed by atoms with E-state index in [1.807, 2.05) is 86.6 Å². The normalized spacial score (nSPS) is 11.4. The van der Waals surface area contributed by atoms with Crippen molar-refractivity contribution in [3.05, 3.63) is 72.8 Å². The molecule has 0 atom stereocenters. The average molecular weight is 877 g/mol. The zero-order chi connectivity index (χ0) is 45.6. The third kappa shape index (κ3) is 12.7. The van der Waals surface area contributed by atoms with Crippen LogP contribution in [0.1, 0.15) is 26.7 Å². The molecule has 0 saturated heterocycles. The number of carboxylic acid groups (broad SMARTS) is 2. The van der Waals surface area contributed by atoms with E-state index in [0.29, 0.717) is 63.6 Å². The van der Waals surface area contributed by atoms with Crippen molar-refractivity contribution < 1.29 is 38.9 Å². The smallest absolute Gasteiger partial charge is 0.317 e. The summed E-state index contributed by atoms with van der Waals surface area (Å²) in [6, 6.07) is 22.5. The van der Waals surface area contributed by atoms with Gasteiger partial charge in [0.05, 0.1) is 72.8 Å². The van der Waals surface area contributed by atoms with Crippen LogP contribution >= 0.6 is 0 Å². The molecule has 338 valence electrons. The van der Waals surface area contributed by atoms with Crippen LogP contribution in [0.4, 0.5) is 22.7 Å². The fourth-order valence-corrected chi connectivity index (χ4v) is 7.45. The number of hydrogen-bond acceptors (Lipinski definition) is 14. The van der Waals surface area contributed by atoms with Crippen LogP contribution in [0.15, 0.2) is 72.8 Å². The number of ether oxygens (including phenoxy) is 2. The molecule has 0 radical (unpaired) electrons. The Hall–Kier alpha value is -7.18. The summed E-state index contributed by atoms with van der Waals surface area (Å²) >= 11 is 0. The van der Waals surface area contributed by atoms with Gasteiger partial charge in [-0.25, -0.2) is 9.97 Å². The summed E-state index contributed by atoms with van der Waals surface area (Å²) in [4.78, 5) is 61.9. The lowest BCUT2D eigenvalue weighted by Gasteiger charge is -2.25. The zero-order valence-corrected chi connectivity index (χ0v) is 36.1. The molecule has 0 aliphatic rings. The first kappa shape index (κ1) is 46.3. The SMILES string of the molecule is CCOc1ccc2nc3cc(N)ccc3c(NCCCNC(=O)CN(CCN(CC(=O)O)CC(=O)NCCCNc3c4ccc(N)cc4nc4ccc(OCC)cc34)CC(=O)O)c2c1. The molecule has 18 heteroatoms. The van der Waals surface area contributed by atoms with E-state index in [4.69, 9.17) is 30.9 Å². The number of fused-ring (bicyclic) bond motifs is 4. The molecular weight excluding hydrogens is 821 g/mol. The highest BCUT2D eigenvalue weighted by Gasteiger charge is 2.19. The number of carbonyl (C=O) groups excluding carboxylic acids is 2. The summed E-state index contributed by atoms with van der Waals surface area (Å²) in [7, 11) is 0. The lowest BCUT2D eigenvalue weighted by molar-refractivity contribution is -0.141. The maximum absolute atomic E-state index is 13.0. The minimum atomic E-state index is -1.15. The number of pyridine rings is 2. The highest BCUT2D eigenvalue weighted by molar-refractivity contribution is 6.09. The lowest BCUT2D eigenvalue weighted by Crippen LogP contribution is -2.46. The molecule has 0 unspecified atom stereocenters. The Morgan fingerprint density at radius 3 is 1.36 bits per heavy atom. The van der Waals surface area contributed by atoms with Crippen LogP contribution in [0.25, 0.3) is 43.6 Å². The molecule has 18 nitrogen and oxygen atoms in total. The van der Waals surface area contributed by atoms with Crippen molar-refractivity contribution in [3.63, 3.8) is 0 Å². The molecule has 6 aromatic rings. The molecule has 0 bridgehead atoms. The Morgan fingerprint density at radius 1 is 0.547 bits per heavy atom. The minimum Gasteiger partial charge on any atom is -0.494 e. The number of amides is 2. The molecule has 2 heterocycles. The van der Waals surface area contributed by atoms with Gasteiger partial charge in [0.25, 0.3) is 0 Å².